The normalized spacial score (nSPS) is 15.1. The number of nitrogens with one attached hydrogen (secondary N) is 2. The summed E-state index contributed by atoms with van der Waals surface area (Å²) in [4.78, 5) is 25.5. The second kappa shape index (κ2) is 9.75. The molecule has 33 heavy (non-hydrogen) atoms. The predicted octanol–water partition coefficient (Wildman–Crippen LogP) is 3.69. The minimum absolute atomic E-state index is 0.291. The number of alkyl carbamates (subject to hydrolysis) is 1. The molecular weight excluding hydrogens is 442 g/mol. The van der Waals surface area contributed by atoms with Gasteiger partial charge in [0.25, 0.3) is 0 Å². The van der Waals surface area contributed by atoms with E-state index in [2.05, 4.69) is 21.8 Å². The predicted molar refractivity (Wildman–Crippen MR) is 122 cm³/mol. The lowest BCUT2D eigenvalue weighted by atomic mass is 9.94. The molecule has 1 atom stereocenters. The fourth-order valence-corrected chi connectivity index (χ4v) is 5.01. The van der Waals surface area contributed by atoms with Crippen molar-refractivity contribution < 1.29 is 18.7 Å². The lowest BCUT2D eigenvalue weighted by Crippen LogP contribution is -2.32. The molecule has 3 aromatic heterocycles. The van der Waals surface area contributed by atoms with Gasteiger partial charge in [-0.25, -0.2) is 4.79 Å². The van der Waals surface area contributed by atoms with Crippen molar-refractivity contribution in [3.05, 3.63) is 63.7 Å². The maximum Gasteiger partial charge on any atom is 0.407 e. The molecule has 0 aliphatic heterocycles. The van der Waals surface area contributed by atoms with Gasteiger partial charge in [0.2, 0.25) is 5.91 Å². The number of thiophene rings is 1. The molecule has 1 aliphatic carbocycles. The minimum Gasteiger partial charge on any atom is -0.472 e. The van der Waals surface area contributed by atoms with Gasteiger partial charge in [-0.2, -0.15) is 10.4 Å². The number of furan rings is 1. The Hall–Kier alpha value is -3.84. The van der Waals surface area contributed by atoms with Crippen molar-refractivity contribution >= 4 is 34.4 Å². The number of carbonyl (C=O) groups is 2. The van der Waals surface area contributed by atoms with Crippen molar-refractivity contribution in [2.75, 3.05) is 5.32 Å². The van der Waals surface area contributed by atoms with Crippen molar-refractivity contribution in [1.29, 1.82) is 5.26 Å². The number of fused-ring (bicyclic) bond motifs is 1. The largest absolute Gasteiger partial charge is 0.472 e. The van der Waals surface area contributed by atoms with E-state index in [1.807, 2.05) is 20.0 Å². The monoisotopic (exact) mass is 465 g/mol. The van der Waals surface area contributed by atoms with Crippen LogP contribution < -0.4 is 10.6 Å². The molecule has 0 bridgehead atoms. The van der Waals surface area contributed by atoms with Gasteiger partial charge in [-0.15, -0.1) is 11.3 Å². The van der Waals surface area contributed by atoms with Crippen molar-refractivity contribution in [2.24, 2.45) is 7.05 Å². The Kier molecular flexibility index (Phi) is 6.60. The average molecular weight is 466 g/mol. The Labute approximate surface area is 194 Å². The van der Waals surface area contributed by atoms with Gasteiger partial charge < -0.3 is 19.8 Å². The Bertz CT molecular complexity index is 1230. The van der Waals surface area contributed by atoms with E-state index in [0.717, 1.165) is 27.4 Å². The average Bonchev–Trinajstić information content (AvgIpc) is 3.49. The van der Waals surface area contributed by atoms with E-state index in [9.17, 15) is 14.9 Å². The van der Waals surface area contributed by atoms with Crippen molar-refractivity contribution in [2.45, 2.75) is 38.8 Å². The Morgan fingerprint density at radius 2 is 2.33 bits per heavy atom. The first kappa shape index (κ1) is 22.4. The number of aryl methyl sites for hydroxylation is 2. The van der Waals surface area contributed by atoms with E-state index in [-0.39, 0.29) is 12.0 Å². The maximum absolute atomic E-state index is 12.3. The Morgan fingerprint density at radius 3 is 3.03 bits per heavy atom. The highest BCUT2D eigenvalue weighted by Crippen LogP contribution is 2.38. The van der Waals surface area contributed by atoms with Gasteiger partial charge in [0.1, 0.15) is 17.2 Å². The number of hydrogen-bond donors (Lipinski definition) is 2. The summed E-state index contributed by atoms with van der Waals surface area (Å²) in [6, 6.07) is 5.85. The third-order valence-electron chi connectivity index (χ3n) is 5.33. The van der Waals surface area contributed by atoms with Crippen LogP contribution in [0.5, 0.6) is 0 Å². The first-order valence-electron chi connectivity index (χ1n) is 10.4. The van der Waals surface area contributed by atoms with Crippen molar-refractivity contribution in [3.8, 4) is 6.07 Å². The highest BCUT2D eigenvalue weighted by atomic mass is 32.1. The van der Waals surface area contributed by atoms with Crippen LogP contribution >= 0.6 is 11.3 Å². The Morgan fingerprint density at radius 1 is 1.48 bits per heavy atom. The number of rotatable bonds is 6. The molecule has 0 spiro atoms. The second-order valence-corrected chi connectivity index (χ2v) is 8.83. The van der Waals surface area contributed by atoms with Crippen LogP contribution in [0.3, 0.4) is 0 Å². The number of nitriles is 1. The second-order valence-electron chi connectivity index (χ2n) is 7.72. The van der Waals surface area contributed by atoms with E-state index in [1.165, 1.54) is 29.9 Å². The van der Waals surface area contributed by atoms with Gasteiger partial charge >= 0.3 is 6.09 Å². The number of nitrogens with zero attached hydrogens (tertiary/aromatic N) is 3. The standard InChI is InChI=1S/C23H23N5O4S/c1-14-9-16(28(2)27-14)12-25-23(30)32-17-4-5-18-19(11-24)22(33-20(18)10-17)26-21(29)6-3-15-7-8-31-13-15/h3,6-9,13,17H,4-5,10,12H2,1-2H3,(H,25,30)(H,26,29)/b6-3+. The van der Waals surface area contributed by atoms with E-state index in [4.69, 9.17) is 9.15 Å². The van der Waals surface area contributed by atoms with Crippen molar-refractivity contribution in [3.63, 3.8) is 0 Å². The molecule has 9 nitrogen and oxygen atoms in total. The van der Waals surface area contributed by atoms with Crippen molar-refractivity contribution in [1.82, 2.24) is 15.1 Å². The fraction of sp³-hybridized carbons (Fsp3) is 0.304. The molecule has 1 aliphatic rings. The first-order valence-corrected chi connectivity index (χ1v) is 11.2. The number of hydrogen-bond acceptors (Lipinski definition) is 7. The quantitative estimate of drug-likeness (QED) is 0.536. The summed E-state index contributed by atoms with van der Waals surface area (Å²) >= 11 is 1.35. The topological polar surface area (TPSA) is 122 Å². The highest BCUT2D eigenvalue weighted by molar-refractivity contribution is 7.16. The zero-order valence-corrected chi connectivity index (χ0v) is 19.1. The molecule has 4 rings (SSSR count). The van der Waals surface area contributed by atoms with Crippen LogP contribution in [0, 0.1) is 18.3 Å². The number of carbonyl (C=O) groups excluding carboxylic acids is 2. The third-order valence-corrected chi connectivity index (χ3v) is 6.50. The Balaban J connectivity index is 1.36. The van der Waals surface area contributed by atoms with Gasteiger partial charge in [-0.1, -0.05) is 0 Å². The minimum atomic E-state index is -0.489. The molecule has 0 fully saturated rings. The zero-order valence-electron chi connectivity index (χ0n) is 18.3. The van der Waals surface area contributed by atoms with Crippen LogP contribution in [0.1, 0.15) is 39.4 Å². The van der Waals surface area contributed by atoms with Crippen LogP contribution in [0.25, 0.3) is 6.08 Å². The number of aromatic nitrogens is 2. The van der Waals surface area contributed by atoms with E-state index in [1.54, 1.807) is 16.8 Å². The van der Waals surface area contributed by atoms with E-state index >= 15 is 0 Å². The van der Waals surface area contributed by atoms with Gasteiger partial charge in [-0.05, 0) is 43.5 Å². The van der Waals surface area contributed by atoms with Crippen LogP contribution in [0.15, 0.2) is 35.2 Å². The summed E-state index contributed by atoms with van der Waals surface area (Å²) in [5.74, 6) is -0.330. The molecule has 3 heterocycles. The summed E-state index contributed by atoms with van der Waals surface area (Å²) < 4.78 is 12.3. The van der Waals surface area contributed by atoms with Gasteiger partial charge in [0.15, 0.2) is 0 Å². The number of anilines is 1. The molecular formula is C23H23N5O4S. The fourth-order valence-electron chi connectivity index (χ4n) is 3.74. The summed E-state index contributed by atoms with van der Waals surface area (Å²) in [7, 11) is 1.82. The molecule has 0 saturated carbocycles. The molecule has 0 saturated heterocycles. The first-order chi connectivity index (χ1) is 15.9. The van der Waals surface area contributed by atoms with Crippen LogP contribution in [0.4, 0.5) is 9.80 Å². The summed E-state index contributed by atoms with van der Waals surface area (Å²) in [5.41, 5.74) is 3.94. The smallest absolute Gasteiger partial charge is 0.407 e. The summed E-state index contributed by atoms with van der Waals surface area (Å²) in [6.45, 7) is 2.22. The lowest BCUT2D eigenvalue weighted by molar-refractivity contribution is -0.111. The van der Waals surface area contributed by atoms with Crippen LogP contribution in [0.2, 0.25) is 0 Å². The third kappa shape index (κ3) is 5.32. The van der Waals surface area contributed by atoms with Gasteiger partial charge in [-0.3, -0.25) is 9.48 Å². The number of amides is 2. The molecule has 2 N–H and O–H groups in total. The molecule has 10 heteroatoms. The van der Waals surface area contributed by atoms with Gasteiger partial charge in [0.05, 0.1) is 36.0 Å². The van der Waals surface area contributed by atoms with E-state index < -0.39 is 6.09 Å². The molecule has 0 radical (unpaired) electrons. The van der Waals surface area contributed by atoms with Crippen LogP contribution in [-0.4, -0.2) is 27.9 Å². The highest BCUT2D eigenvalue weighted by Gasteiger charge is 2.28. The SMILES string of the molecule is Cc1cc(CNC(=O)OC2CCc3c(sc(NC(=O)/C=C/c4ccoc4)c3C#N)C2)n(C)n1. The summed E-state index contributed by atoms with van der Waals surface area (Å²) in [5, 5.41) is 20.0. The summed E-state index contributed by atoms with van der Waals surface area (Å²) in [6.07, 6.45) is 7.03. The molecule has 170 valence electrons. The molecule has 1 unspecified atom stereocenters. The molecule has 2 amide bonds. The number of ether oxygens (including phenoxy) is 1. The van der Waals surface area contributed by atoms with Gasteiger partial charge in [0, 0.05) is 30.0 Å². The molecule has 0 aromatic carbocycles. The zero-order chi connectivity index (χ0) is 23.4. The lowest BCUT2D eigenvalue weighted by Gasteiger charge is -2.22. The maximum atomic E-state index is 12.3. The molecule has 3 aromatic rings. The van der Waals surface area contributed by atoms with Crippen LogP contribution in [-0.2, 0) is 36.0 Å². The van der Waals surface area contributed by atoms with E-state index in [0.29, 0.717) is 36.4 Å².